The van der Waals surface area contributed by atoms with Gasteiger partial charge in [-0.2, -0.15) is 0 Å². The highest BCUT2D eigenvalue weighted by Gasteiger charge is 2.08. The van der Waals surface area contributed by atoms with Crippen LogP contribution in [-0.4, -0.2) is 64.6 Å². The average Bonchev–Trinajstić information content (AvgIpc) is 3.60. The van der Waals surface area contributed by atoms with Gasteiger partial charge in [0.2, 0.25) is 9.23 Å². The molecule has 0 atom stereocenters. The molecule has 12 heteroatoms. The summed E-state index contributed by atoms with van der Waals surface area (Å²) in [6, 6.07) is 20.7. The van der Waals surface area contributed by atoms with Crippen LogP contribution in [0.2, 0.25) is 0 Å². The molecule has 206 valence electrons. The van der Waals surface area contributed by atoms with Crippen LogP contribution in [0.5, 0.6) is 0 Å². The lowest BCUT2D eigenvalue weighted by Gasteiger charge is -2.20. The molecule has 4 rings (SSSR count). The largest absolute Gasteiger partial charge is 0.395 e. The monoisotopic (exact) mass is 598 g/mol. The number of hydrogen-bond donors (Lipinski definition) is 3. The number of imidazole rings is 2. The van der Waals surface area contributed by atoms with Gasteiger partial charge >= 0.3 is 0 Å². The maximum absolute atomic E-state index is 9.09. The first kappa shape index (κ1) is 32.0. The van der Waals surface area contributed by atoms with Crippen molar-refractivity contribution in [2.75, 3.05) is 25.6 Å². The van der Waals surface area contributed by atoms with Crippen molar-refractivity contribution in [3.8, 4) is 0 Å². The summed E-state index contributed by atoms with van der Waals surface area (Å²) >= 11 is 5.84. The lowest BCUT2D eigenvalue weighted by atomic mass is 10.2. The van der Waals surface area contributed by atoms with Crippen LogP contribution >= 0.6 is 33.0 Å². The van der Waals surface area contributed by atoms with Gasteiger partial charge in [-0.15, -0.1) is 11.6 Å². The SMILES string of the molecule is ClCCN(Cc1ccccc1)Cc1cnc[nH]1.O=S(Cl)Cl.OCCN(Cc1ccccc1)Cc1cnc[nH]1. The Morgan fingerprint density at radius 3 is 1.50 bits per heavy atom. The number of halogens is 3. The van der Waals surface area contributed by atoms with Crippen molar-refractivity contribution < 1.29 is 9.32 Å². The lowest BCUT2D eigenvalue weighted by Crippen LogP contribution is -2.26. The summed E-state index contributed by atoms with van der Waals surface area (Å²) in [6.45, 7) is 5.06. The molecule has 0 unspecified atom stereocenters. The fraction of sp³-hybridized carbons (Fsp3) is 0.308. The molecule has 0 spiro atoms. The molecular weight excluding hydrogens is 567 g/mol. The second-order valence-electron chi connectivity index (χ2n) is 8.14. The maximum atomic E-state index is 9.09. The molecule has 0 aliphatic rings. The summed E-state index contributed by atoms with van der Waals surface area (Å²) in [4.78, 5) is 18.7. The van der Waals surface area contributed by atoms with E-state index in [0.717, 1.165) is 44.1 Å². The molecule has 0 aliphatic carbocycles. The summed E-state index contributed by atoms with van der Waals surface area (Å²) < 4.78 is 9.09. The Hall–Kier alpha value is -2.24. The molecule has 0 radical (unpaired) electrons. The van der Waals surface area contributed by atoms with E-state index in [2.05, 4.69) is 87.5 Å². The van der Waals surface area contributed by atoms with Gasteiger partial charge in [0.15, 0.2) is 0 Å². The van der Waals surface area contributed by atoms with Gasteiger partial charge < -0.3 is 15.1 Å². The number of alkyl halides is 1. The van der Waals surface area contributed by atoms with Crippen LogP contribution in [0, 0.1) is 0 Å². The quantitative estimate of drug-likeness (QED) is 0.155. The zero-order valence-electron chi connectivity index (χ0n) is 20.9. The van der Waals surface area contributed by atoms with Crippen molar-refractivity contribution in [1.82, 2.24) is 29.7 Å². The third-order valence-electron chi connectivity index (χ3n) is 5.21. The minimum Gasteiger partial charge on any atom is -0.395 e. The van der Waals surface area contributed by atoms with Crippen LogP contribution in [0.25, 0.3) is 0 Å². The Morgan fingerprint density at radius 2 is 1.16 bits per heavy atom. The smallest absolute Gasteiger partial charge is 0.211 e. The number of hydrogen-bond acceptors (Lipinski definition) is 6. The van der Waals surface area contributed by atoms with Crippen molar-refractivity contribution in [3.05, 3.63) is 108 Å². The second-order valence-corrected chi connectivity index (χ2v) is 11.0. The molecule has 0 amide bonds. The summed E-state index contributed by atoms with van der Waals surface area (Å²) in [6.07, 6.45) is 7.05. The molecule has 0 saturated carbocycles. The van der Waals surface area contributed by atoms with E-state index in [4.69, 9.17) is 20.9 Å². The van der Waals surface area contributed by atoms with Crippen molar-refractivity contribution in [2.24, 2.45) is 0 Å². The van der Waals surface area contributed by atoms with Crippen LogP contribution in [-0.2, 0) is 35.4 Å². The predicted molar refractivity (Wildman–Crippen MR) is 156 cm³/mol. The van der Waals surface area contributed by atoms with Crippen molar-refractivity contribution in [1.29, 1.82) is 0 Å². The van der Waals surface area contributed by atoms with Crippen LogP contribution in [0.15, 0.2) is 85.7 Å². The fourth-order valence-corrected chi connectivity index (χ4v) is 3.84. The number of H-pyrrole nitrogens is 2. The highest BCUT2D eigenvalue weighted by Crippen LogP contribution is 2.09. The minimum atomic E-state index is -1.67. The van der Waals surface area contributed by atoms with E-state index in [1.54, 1.807) is 12.7 Å². The van der Waals surface area contributed by atoms with Gasteiger partial charge in [0, 0.05) is 90.3 Å². The molecule has 0 bridgehead atoms. The fourth-order valence-electron chi connectivity index (χ4n) is 3.60. The van der Waals surface area contributed by atoms with Crippen molar-refractivity contribution >= 4 is 42.2 Å². The molecule has 2 aromatic carbocycles. The Kier molecular flexibility index (Phi) is 16.6. The first-order valence-electron chi connectivity index (χ1n) is 11.9. The van der Waals surface area contributed by atoms with Crippen LogP contribution < -0.4 is 0 Å². The Morgan fingerprint density at radius 1 is 0.737 bits per heavy atom. The predicted octanol–water partition coefficient (Wildman–Crippen LogP) is 5.10. The van der Waals surface area contributed by atoms with Gasteiger partial charge in [-0.05, 0) is 11.1 Å². The molecule has 4 aromatic rings. The van der Waals surface area contributed by atoms with E-state index in [1.807, 2.05) is 36.7 Å². The first-order chi connectivity index (χ1) is 18.5. The first-order valence-corrected chi connectivity index (χ1v) is 15.2. The second kappa shape index (κ2) is 19.8. The number of nitrogens with one attached hydrogen (secondary N) is 2. The van der Waals surface area contributed by atoms with E-state index in [9.17, 15) is 0 Å². The van der Waals surface area contributed by atoms with E-state index >= 15 is 0 Å². The maximum Gasteiger partial charge on any atom is 0.211 e. The molecule has 0 saturated heterocycles. The van der Waals surface area contributed by atoms with E-state index in [0.29, 0.717) is 12.4 Å². The van der Waals surface area contributed by atoms with E-state index in [-0.39, 0.29) is 6.61 Å². The molecule has 8 nitrogen and oxygen atoms in total. The Labute approximate surface area is 240 Å². The number of aromatic nitrogens is 4. The molecule has 0 aliphatic heterocycles. The minimum absolute atomic E-state index is 0.168. The summed E-state index contributed by atoms with van der Waals surface area (Å²) in [7, 11) is 7.36. The normalized spacial score (nSPS) is 10.7. The van der Waals surface area contributed by atoms with Gasteiger partial charge in [-0.3, -0.25) is 9.80 Å². The highest BCUT2D eigenvalue weighted by atomic mass is 36.0. The van der Waals surface area contributed by atoms with Crippen molar-refractivity contribution in [2.45, 2.75) is 26.2 Å². The van der Waals surface area contributed by atoms with Crippen LogP contribution in [0.3, 0.4) is 0 Å². The number of aliphatic hydroxyl groups is 1. The number of rotatable bonds is 12. The van der Waals surface area contributed by atoms with Gasteiger partial charge in [0.05, 0.1) is 19.3 Å². The van der Waals surface area contributed by atoms with Gasteiger partial charge in [0.25, 0.3) is 0 Å². The lowest BCUT2D eigenvalue weighted by molar-refractivity contribution is 0.183. The number of nitrogens with zero attached hydrogens (tertiary/aromatic N) is 4. The van der Waals surface area contributed by atoms with Crippen LogP contribution in [0.4, 0.5) is 0 Å². The highest BCUT2D eigenvalue weighted by molar-refractivity contribution is 8.26. The summed E-state index contributed by atoms with van der Waals surface area (Å²) in [5.74, 6) is 0.640. The van der Waals surface area contributed by atoms with Crippen molar-refractivity contribution in [3.63, 3.8) is 0 Å². The molecule has 2 heterocycles. The number of aliphatic hydroxyl groups excluding tert-OH is 1. The average molecular weight is 600 g/mol. The van der Waals surface area contributed by atoms with E-state index < -0.39 is 9.23 Å². The summed E-state index contributed by atoms with van der Waals surface area (Å²) in [5.41, 5.74) is 4.73. The van der Waals surface area contributed by atoms with Gasteiger partial charge in [-0.25, -0.2) is 14.2 Å². The Bertz CT molecular complexity index is 1020. The van der Waals surface area contributed by atoms with E-state index in [1.165, 1.54) is 11.1 Å². The number of aromatic amines is 2. The zero-order chi connectivity index (χ0) is 27.4. The third-order valence-corrected chi connectivity index (χ3v) is 5.38. The van der Waals surface area contributed by atoms with Gasteiger partial charge in [0.1, 0.15) is 0 Å². The summed E-state index contributed by atoms with van der Waals surface area (Å²) in [5, 5.41) is 9.08. The molecule has 0 fully saturated rings. The van der Waals surface area contributed by atoms with Gasteiger partial charge in [-0.1, -0.05) is 60.7 Å². The molecule has 3 N–H and O–H groups in total. The third kappa shape index (κ3) is 14.6. The molecule has 38 heavy (non-hydrogen) atoms. The topological polar surface area (TPSA) is 101 Å². The molecular formula is C26H33Cl3N6O2S. The number of benzene rings is 2. The Balaban J connectivity index is 0.000000234. The zero-order valence-corrected chi connectivity index (χ0v) is 24.0. The molecule has 2 aromatic heterocycles. The van der Waals surface area contributed by atoms with Crippen LogP contribution in [0.1, 0.15) is 22.5 Å². The standard InChI is InChI=1S/C13H16ClN3.C13H17N3O.Cl2OS/c14-6-7-17(10-13-8-15-11-16-13)9-12-4-2-1-3-5-12;17-7-6-16(10-13-8-14-11-15-13)9-12-4-2-1-3-5-12;1-4(2)3/h1-5,8,11H,6-7,9-10H2,(H,15,16);1-5,8,11,17H,6-7,9-10H2,(H,14,15);.